The Labute approximate surface area is 176 Å². The van der Waals surface area contributed by atoms with E-state index in [0.29, 0.717) is 0 Å². The van der Waals surface area contributed by atoms with Crippen LogP contribution in [0.25, 0.3) is 44.2 Å². The van der Waals surface area contributed by atoms with Crippen LogP contribution in [0.3, 0.4) is 0 Å². The molecule has 0 aliphatic heterocycles. The SMILES string of the molecule is CCn1c2ccccc2c2c3c(ccc21)C(C)(C)c1ccc(-c2ccccn2)cc1-3. The molecule has 2 heteroatoms. The van der Waals surface area contributed by atoms with Crippen LogP contribution in [0.2, 0.25) is 0 Å². The highest BCUT2D eigenvalue weighted by atomic mass is 15.0. The van der Waals surface area contributed by atoms with Crippen molar-refractivity contribution in [3.05, 3.63) is 90.1 Å². The maximum atomic E-state index is 4.59. The van der Waals surface area contributed by atoms with Crippen molar-refractivity contribution in [2.75, 3.05) is 0 Å². The second kappa shape index (κ2) is 6.06. The number of rotatable bonds is 2. The van der Waals surface area contributed by atoms with Crippen molar-refractivity contribution in [2.24, 2.45) is 0 Å². The zero-order valence-electron chi connectivity index (χ0n) is 17.6. The summed E-state index contributed by atoms with van der Waals surface area (Å²) in [5.41, 5.74) is 10.4. The van der Waals surface area contributed by atoms with Gasteiger partial charge in [-0.1, -0.05) is 56.3 Å². The van der Waals surface area contributed by atoms with E-state index in [0.717, 1.165) is 12.2 Å². The van der Waals surface area contributed by atoms with Gasteiger partial charge in [-0.2, -0.15) is 0 Å². The van der Waals surface area contributed by atoms with Crippen LogP contribution in [0.5, 0.6) is 0 Å². The van der Waals surface area contributed by atoms with Gasteiger partial charge in [0.2, 0.25) is 0 Å². The number of pyridine rings is 1. The molecule has 0 fully saturated rings. The normalized spacial score (nSPS) is 14.2. The molecule has 0 saturated heterocycles. The van der Waals surface area contributed by atoms with Crippen molar-refractivity contribution in [1.29, 1.82) is 0 Å². The second-order valence-electron chi connectivity index (χ2n) is 8.74. The van der Waals surface area contributed by atoms with Crippen LogP contribution < -0.4 is 0 Å². The van der Waals surface area contributed by atoms with Crippen molar-refractivity contribution in [3.8, 4) is 22.4 Å². The Hall–Kier alpha value is -3.39. The molecule has 0 amide bonds. The highest BCUT2D eigenvalue weighted by Crippen LogP contribution is 2.53. The third-order valence-corrected chi connectivity index (χ3v) is 6.85. The summed E-state index contributed by atoms with van der Waals surface area (Å²) >= 11 is 0. The maximum Gasteiger partial charge on any atom is 0.0702 e. The van der Waals surface area contributed by atoms with Crippen LogP contribution in [0.15, 0.2) is 79.0 Å². The molecule has 3 aromatic carbocycles. The van der Waals surface area contributed by atoms with Crippen LogP contribution in [0, 0.1) is 0 Å². The van der Waals surface area contributed by atoms with Crippen LogP contribution in [0.4, 0.5) is 0 Å². The average molecular weight is 389 g/mol. The van der Waals surface area contributed by atoms with Crippen molar-refractivity contribution < 1.29 is 0 Å². The minimum Gasteiger partial charge on any atom is -0.341 e. The van der Waals surface area contributed by atoms with E-state index in [1.165, 1.54) is 49.6 Å². The number of hydrogen-bond acceptors (Lipinski definition) is 1. The number of para-hydroxylation sites is 1. The topological polar surface area (TPSA) is 17.8 Å². The lowest BCUT2D eigenvalue weighted by atomic mass is 9.82. The number of hydrogen-bond donors (Lipinski definition) is 0. The molecular formula is C28H24N2. The Bertz CT molecular complexity index is 1440. The summed E-state index contributed by atoms with van der Waals surface area (Å²) in [6.07, 6.45) is 1.87. The summed E-state index contributed by atoms with van der Waals surface area (Å²) in [6, 6.07) is 26.5. The number of nitrogens with zero attached hydrogens (tertiary/aromatic N) is 2. The number of aromatic nitrogens is 2. The first-order valence-electron chi connectivity index (χ1n) is 10.7. The van der Waals surface area contributed by atoms with Crippen LogP contribution in [0.1, 0.15) is 31.9 Å². The fourth-order valence-corrected chi connectivity index (χ4v) is 5.41. The van der Waals surface area contributed by atoms with Gasteiger partial charge >= 0.3 is 0 Å². The van der Waals surface area contributed by atoms with Gasteiger partial charge in [0.05, 0.1) is 5.69 Å². The zero-order valence-corrected chi connectivity index (χ0v) is 17.6. The molecule has 0 saturated carbocycles. The molecule has 0 atom stereocenters. The minimum absolute atomic E-state index is 0.0169. The molecule has 146 valence electrons. The Balaban J connectivity index is 1.75. The third-order valence-electron chi connectivity index (χ3n) is 6.85. The predicted octanol–water partition coefficient (Wildman–Crippen LogP) is 7.18. The number of aryl methyl sites for hydroxylation is 1. The van der Waals surface area contributed by atoms with E-state index in [-0.39, 0.29) is 5.41 Å². The molecule has 0 spiro atoms. The largest absolute Gasteiger partial charge is 0.341 e. The fourth-order valence-electron chi connectivity index (χ4n) is 5.41. The monoisotopic (exact) mass is 388 g/mol. The molecular weight excluding hydrogens is 364 g/mol. The Kier molecular flexibility index (Phi) is 3.53. The zero-order chi connectivity index (χ0) is 20.5. The van der Waals surface area contributed by atoms with Gasteiger partial charge in [-0.05, 0) is 59.5 Å². The fraction of sp³-hybridized carbons (Fsp3) is 0.179. The first-order valence-corrected chi connectivity index (χ1v) is 10.7. The molecule has 0 radical (unpaired) electrons. The van der Waals surface area contributed by atoms with Gasteiger partial charge in [-0.25, -0.2) is 0 Å². The van der Waals surface area contributed by atoms with E-state index in [1.807, 2.05) is 12.3 Å². The molecule has 1 aliphatic rings. The molecule has 2 heterocycles. The van der Waals surface area contributed by atoms with E-state index < -0.39 is 0 Å². The van der Waals surface area contributed by atoms with Crippen LogP contribution >= 0.6 is 0 Å². The van der Waals surface area contributed by atoms with Gasteiger partial charge in [0.25, 0.3) is 0 Å². The number of benzene rings is 3. The molecule has 5 aromatic rings. The summed E-state index contributed by atoms with van der Waals surface area (Å²) in [6.45, 7) is 7.90. The van der Waals surface area contributed by atoms with Gasteiger partial charge in [-0.15, -0.1) is 0 Å². The van der Waals surface area contributed by atoms with E-state index in [2.05, 4.69) is 97.1 Å². The minimum atomic E-state index is -0.0169. The van der Waals surface area contributed by atoms with Crippen LogP contribution in [-0.2, 0) is 12.0 Å². The third kappa shape index (κ3) is 2.16. The van der Waals surface area contributed by atoms with E-state index >= 15 is 0 Å². The summed E-state index contributed by atoms with van der Waals surface area (Å²) in [5.74, 6) is 0. The molecule has 1 aliphatic carbocycles. The smallest absolute Gasteiger partial charge is 0.0702 e. The first-order chi connectivity index (χ1) is 14.6. The molecule has 2 aromatic heterocycles. The molecule has 0 N–H and O–H groups in total. The first kappa shape index (κ1) is 17.5. The Morgan fingerprint density at radius 3 is 2.43 bits per heavy atom. The lowest BCUT2D eigenvalue weighted by Crippen LogP contribution is -2.14. The van der Waals surface area contributed by atoms with Gasteiger partial charge < -0.3 is 4.57 Å². The van der Waals surface area contributed by atoms with Crippen molar-refractivity contribution >= 4 is 21.8 Å². The predicted molar refractivity (Wildman–Crippen MR) is 126 cm³/mol. The molecule has 30 heavy (non-hydrogen) atoms. The summed E-state index contributed by atoms with van der Waals surface area (Å²) in [5, 5.41) is 2.73. The quantitative estimate of drug-likeness (QED) is 0.313. The van der Waals surface area contributed by atoms with Gasteiger partial charge in [0.15, 0.2) is 0 Å². The van der Waals surface area contributed by atoms with Crippen molar-refractivity contribution in [1.82, 2.24) is 9.55 Å². The van der Waals surface area contributed by atoms with Crippen molar-refractivity contribution in [2.45, 2.75) is 32.7 Å². The molecule has 6 rings (SSSR count). The Morgan fingerprint density at radius 1 is 0.833 bits per heavy atom. The summed E-state index contributed by atoms with van der Waals surface area (Å²) in [4.78, 5) is 4.59. The Morgan fingerprint density at radius 2 is 1.63 bits per heavy atom. The molecule has 2 nitrogen and oxygen atoms in total. The second-order valence-corrected chi connectivity index (χ2v) is 8.74. The van der Waals surface area contributed by atoms with E-state index in [9.17, 15) is 0 Å². The standard InChI is InChI=1S/C28H24N2/c1-4-30-24-11-6-5-9-19(24)27-25(30)15-14-22-26(27)20-17-18(23-10-7-8-16-29-23)12-13-21(20)28(22,2)3/h5-17H,4H2,1-3H3. The van der Waals surface area contributed by atoms with E-state index in [4.69, 9.17) is 0 Å². The van der Waals surface area contributed by atoms with Crippen LogP contribution in [-0.4, -0.2) is 9.55 Å². The lowest BCUT2D eigenvalue weighted by molar-refractivity contribution is 0.661. The summed E-state index contributed by atoms with van der Waals surface area (Å²) < 4.78 is 2.44. The number of fused-ring (bicyclic) bond motifs is 7. The lowest BCUT2D eigenvalue weighted by Gasteiger charge is -2.21. The highest BCUT2D eigenvalue weighted by Gasteiger charge is 2.37. The van der Waals surface area contributed by atoms with Gasteiger partial charge in [0, 0.05) is 45.5 Å². The highest BCUT2D eigenvalue weighted by molar-refractivity contribution is 6.17. The molecule has 0 bridgehead atoms. The van der Waals surface area contributed by atoms with Crippen molar-refractivity contribution in [3.63, 3.8) is 0 Å². The van der Waals surface area contributed by atoms with Gasteiger partial charge in [-0.3, -0.25) is 4.98 Å². The summed E-state index contributed by atoms with van der Waals surface area (Å²) in [7, 11) is 0. The van der Waals surface area contributed by atoms with E-state index in [1.54, 1.807) is 0 Å². The van der Waals surface area contributed by atoms with Gasteiger partial charge in [0.1, 0.15) is 0 Å². The maximum absolute atomic E-state index is 4.59. The average Bonchev–Trinajstić information content (AvgIpc) is 3.23. The molecule has 0 unspecified atom stereocenters.